The summed E-state index contributed by atoms with van der Waals surface area (Å²) in [5.41, 5.74) is 3.33. The van der Waals surface area contributed by atoms with Gasteiger partial charge in [-0.3, -0.25) is 0 Å². The van der Waals surface area contributed by atoms with Gasteiger partial charge in [-0.2, -0.15) is 5.26 Å². The Balaban J connectivity index is 1.36. The summed E-state index contributed by atoms with van der Waals surface area (Å²) in [7, 11) is 0. The zero-order valence-corrected chi connectivity index (χ0v) is 13.8. The Hall–Kier alpha value is -3.79. The molecule has 0 saturated heterocycles. The van der Waals surface area contributed by atoms with Gasteiger partial charge in [-0.1, -0.05) is 6.07 Å². The first kappa shape index (κ1) is 15.7. The highest BCUT2D eigenvalue weighted by molar-refractivity contribution is 5.55. The van der Waals surface area contributed by atoms with Crippen molar-refractivity contribution in [1.29, 1.82) is 5.26 Å². The molecule has 0 radical (unpaired) electrons. The van der Waals surface area contributed by atoms with E-state index in [1.807, 2.05) is 30.3 Å². The molecular weight excluding hydrogens is 330 g/mol. The maximum atomic E-state index is 8.81. The lowest BCUT2D eigenvalue weighted by atomic mass is 10.2. The molecule has 2 N–H and O–H groups in total. The normalized spacial score (nSPS) is 11.7. The standard InChI is InChI=1S/C19H15N5O2/c20-8-13-1-4-15(5-2-13)24-19-22-10-16(11-23-19)21-9-14-3-6-17-18(7-14)26-12-25-17/h1-7,10-11,21H,9,12H2,(H,22,23,24). The van der Waals surface area contributed by atoms with E-state index < -0.39 is 0 Å². The zero-order valence-electron chi connectivity index (χ0n) is 13.8. The first-order chi connectivity index (χ1) is 12.8. The van der Waals surface area contributed by atoms with Crippen molar-refractivity contribution < 1.29 is 9.47 Å². The topological polar surface area (TPSA) is 92.1 Å². The average Bonchev–Trinajstić information content (AvgIpc) is 3.16. The summed E-state index contributed by atoms with van der Waals surface area (Å²) in [4.78, 5) is 8.58. The van der Waals surface area contributed by atoms with E-state index in [0.29, 0.717) is 18.1 Å². The molecular formula is C19H15N5O2. The monoisotopic (exact) mass is 345 g/mol. The van der Waals surface area contributed by atoms with Gasteiger partial charge in [-0.25, -0.2) is 9.97 Å². The van der Waals surface area contributed by atoms with Crippen molar-refractivity contribution in [2.45, 2.75) is 6.54 Å². The predicted octanol–water partition coefficient (Wildman–Crippen LogP) is 3.43. The molecule has 2 heterocycles. The Morgan fingerprint density at radius 3 is 2.50 bits per heavy atom. The van der Waals surface area contributed by atoms with Gasteiger partial charge in [0.25, 0.3) is 0 Å². The van der Waals surface area contributed by atoms with Crippen LogP contribution in [-0.4, -0.2) is 16.8 Å². The fourth-order valence-corrected chi connectivity index (χ4v) is 2.50. The van der Waals surface area contributed by atoms with E-state index in [9.17, 15) is 0 Å². The third kappa shape index (κ3) is 3.49. The number of nitrogens with one attached hydrogen (secondary N) is 2. The molecule has 0 unspecified atom stereocenters. The van der Waals surface area contributed by atoms with E-state index in [0.717, 1.165) is 28.4 Å². The number of benzene rings is 2. The van der Waals surface area contributed by atoms with Crippen LogP contribution >= 0.6 is 0 Å². The first-order valence-corrected chi connectivity index (χ1v) is 8.02. The van der Waals surface area contributed by atoms with E-state index in [4.69, 9.17) is 14.7 Å². The highest BCUT2D eigenvalue weighted by Gasteiger charge is 2.12. The van der Waals surface area contributed by atoms with Crippen molar-refractivity contribution in [3.63, 3.8) is 0 Å². The Labute approximate surface area is 150 Å². The lowest BCUT2D eigenvalue weighted by Gasteiger charge is -2.08. The molecule has 2 aromatic carbocycles. The highest BCUT2D eigenvalue weighted by Crippen LogP contribution is 2.32. The molecule has 128 valence electrons. The number of hydrogen-bond acceptors (Lipinski definition) is 7. The molecule has 1 aliphatic rings. The van der Waals surface area contributed by atoms with Crippen molar-refractivity contribution in [3.05, 3.63) is 66.0 Å². The van der Waals surface area contributed by atoms with Gasteiger partial charge in [0, 0.05) is 12.2 Å². The zero-order chi connectivity index (χ0) is 17.8. The number of anilines is 3. The fraction of sp³-hybridized carbons (Fsp3) is 0.105. The van der Waals surface area contributed by atoms with Gasteiger partial charge in [0.1, 0.15) is 0 Å². The van der Waals surface area contributed by atoms with Crippen LogP contribution in [0.5, 0.6) is 11.5 Å². The third-order valence-corrected chi connectivity index (χ3v) is 3.86. The summed E-state index contributed by atoms with van der Waals surface area (Å²) < 4.78 is 10.7. The quantitative estimate of drug-likeness (QED) is 0.732. The van der Waals surface area contributed by atoms with Crippen molar-refractivity contribution in [3.8, 4) is 17.6 Å². The molecule has 1 aliphatic heterocycles. The molecule has 0 aliphatic carbocycles. The lowest BCUT2D eigenvalue weighted by molar-refractivity contribution is 0.174. The van der Waals surface area contributed by atoms with E-state index in [1.54, 1.807) is 24.5 Å². The molecule has 0 fully saturated rings. The van der Waals surface area contributed by atoms with Gasteiger partial charge in [-0.05, 0) is 42.0 Å². The summed E-state index contributed by atoms with van der Waals surface area (Å²) in [6.45, 7) is 0.899. The summed E-state index contributed by atoms with van der Waals surface area (Å²) in [5, 5.41) is 15.2. The SMILES string of the molecule is N#Cc1ccc(Nc2ncc(NCc3ccc4c(c3)OCO4)cn2)cc1. The second kappa shape index (κ2) is 6.99. The summed E-state index contributed by atoms with van der Waals surface area (Å²) in [6.07, 6.45) is 3.43. The van der Waals surface area contributed by atoms with Gasteiger partial charge >= 0.3 is 0 Å². The van der Waals surface area contributed by atoms with Crippen molar-refractivity contribution >= 4 is 17.3 Å². The second-order valence-corrected chi connectivity index (χ2v) is 5.65. The Kier molecular flexibility index (Phi) is 4.23. The molecule has 0 saturated carbocycles. The van der Waals surface area contributed by atoms with Gasteiger partial charge < -0.3 is 20.1 Å². The average molecular weight is 345 g/mol. The Morgan fingerprint density at radius 1 is 0.962 bits per heavy atom. The van der Waals surface area contributed by atoms with Crippen LogP contribution in [0.4, 0.5) is 17.3 Å². The first-order valence-electron chi connectivity index (χ1n) is 8.02. The van der Waals surface area contributed by atoms with E-state index in [2.05, 4.69) is 26.7 Å². The van der Waals surface area contributed by atoms with Crippen molar-refractivity contribution in [2.75, 3.05) is 17.4 Å². The minimum absolute atomic E-state index is 0.272. The lowest BCUT2D eigenvalue weighted by Crippen LogP contribution is -2.02. The van der Waals surface area contributed by atoms with Crippen LogP contribution in [0, 0.1) is 11.3 Å². The van der Waals surface area contributed by atoms with E-state index >= 15 is 0 Å². The summed E-state index contributed by atoms with van der Waals surface area (Å²) >= 11 is 0. The molecule has 0 atom stereocenters. The molecule has 26 heavy (non-hydrogen) atoms. The van der Waals surface area contributed by atoms with E-state index in [-0.39, 0.29) is 6.79 Å². The van der Waals surface area contributed by atoms with Gasteiger partial charge in [0.15, 0.2) is 11.5 Å². The molecule has 4 rings (SSSR count). The molecule has 1 aromatic heterocycles. The minimum Gasteiger partial charge on any atom is -0.454 e. The summed E-state index contributed by atoms with van der Waals surface area (Å²) in [6, 6.07) is 15.0. The van der Waals surface area contributed by atoms with Crippen LogP contribution in [0.2, 0.25) is 0 Å². The molecule has 0 bridgehead atoms. The van der Waals surface area contributed by atoms with Crippen LogP contribution in [0.1, 0.15) is 11.1 Å². The van der Waals surface area contributed by atoms with Crippen LogP contribution < -0.4 is 20.1 Å². The Bertz CT molecular complexity index is 949. The highest BCUT2D eigenvalue weighted by atomic mass is 16.7. The van der Waals surface area contributed by atoms with Crippen LogP contribution in [0.25, 0.3) is 0 Å². The number of rotatable bonds is 5. The van der Waals surface area contributed by atoms with E-state index in [1.165, 1.54) is 0 Å². The van der Waals surface area contributed by atoms with Crippen LogP contribution in [-0.2, 0) is 6.54 Å². The van der Waals surface area contributed by atoms with Crippen LogP contribution in [0.15, 0.2) is 54.9 Å². The van der Waals surface area contributed by atoms with Crippen LogP contribution in [0.3, 0.4) is 0 Å². The van der Waals surface area contributed by atoms with Crippen molar-refractivity contribution in [2.24, 2.45) is 0 Å². The molecule has 0 amide bonds. The number of hydrogen-bond donors (Lipinski definition) is 2. The number of nitrogens with zero attached hydrogens (tertiary/aromatic N) is 3. The third-order valence-electron chi connectivity index (χ3n) is 3.86. The molecule has 3 aromatic rings. The molecule has 0 spiro atoms. The maximum Gasteiger partial charge on any atom is 0.231 e. The number of nitriles is 1. The largest absolute Gasteiger partial charge is 0.454 e. The molecule has 7 heteroatoms. The second-order valence-electron chi connectivity index (χ2n) is 5.65. The van der Waals surface area contributed by atoms with Gasteiger partial charge in [0.05, 0.1) is 29.7 Å². The molecule has 7 nitrogen and oxygen atoms in total. The van der Waals surface area contributed by atoms with Gasteiger partial charge in [-0.15, -0.1) is 0 Å². The summed E-state index contributed by atoms with van der Waals surface area (Å²) in [5.74, 6) is 2.03. The number of aromatic nitrogens is 2. The smallest absolute Gasteiger partial charge is 0.231 e. The minimum atomic E-state index is 0.272. The number of ether oxygens (including phenoxy) is 2. The van der Waals surface area contributed by atoms with Crippen molar-refractivity contribution in [1.82, 2.24) is 9.97 Å². The maximum absolute atomic E-state index is 8.81. The van der Waals surface area contributed by atoms with Gasteiger partial charge in [0.2, 0.25) is 12.7 Å². The Morgan fingerprint density at radius 2 is 1.73 bits per heavy atom. The predicted molar refractivity (Wildman–Crippen MR) is 96.4 cm³/mol. The number of fused-ring (bicyclic) bond motifs is 1. The fourth-order valence-electron chi connectivity index (χ4n) is 2.50.